The van der Waals surface area contributed by atoms with Gasteiger partial charge in [-0.05, 0) is 53.4 Å². The molecule has 0 radical (unpaired) electrons. The third-order valence-electron chi connectivity index (χ3n) is 2.66. The monoisotopic (exact) mass is 209 g/mol. The highest BCUT2D eigenvalue weighted by Gasteiger charge is 2.37. The Hall–Kier alpha value is -0.600. The molecule has 0 aromatic carbocycles. The van der Waals surface area contributed by atoms with Gasteiger partial charge in [0.25, 0.3) is 0 Å². The average molecular weight is 209 g/mol. The molecule has 0 aliphatic carbocycles. The molecule has 0 bridgehead atoms. The van der Waals surface area contributed by atoms with Crippen LogP contribution in [-0.4, -0.2) is 5.72 Å². The van der Waals surface area contributed by atoms with Crippen molar-refractivity contribution < 1.29 is 4.84 Å². The maximum atomic E-state index is 5.10. The van der Waals surface area contributed by atoms with Crippen LogP contribution in [0.1, 0.15) is 53.4 Å². The summed E-state index contributed by atoms with van der Waals surface area (Å²) in [5.41, 5.74) is 5.76. The van der Waals surface area contributed by atoms with E-state index >= 15 is 0 Å². The van der Waals surface area contributed by atoms with E-state index in [0.29, 0.717) is 0 Å². The summed E-state index contributed by atoms with van der Waals surface area (Å²) in [6.45, 7) is 8.59. The highest BCUT2D eigenvalue weighted by Crippen LogP contribution is 2.24. The van der Waals surface area contributed by atoms with E-state index in [1.807, 2.05) is 0 Å². The number of allylic oxidation sites excluding steroid dienone is 4. The molecule has 1 aliphatic rings. The summed E-state index contributed by atoms with van der Waals surface area (Å²) in [5, 5.41) is 0. The van der Waals surface area contributed by atoms with Gasteiger partial charge in [0.1, 0.15) is 0 Å². The van der Waals surface area contributed by atoms with Crippen LogP contribution in [0.3, 0.4) is 0 Å². The average Bonchev–Trinajstić information content (AvgIpc) is 2.83. The molecule has 2 nitrogen and oxygen atoms in total. The molecule has 1 unspecified atom stereocenters. The molecule has 1 saturated heterocycles. The zero-order valence-electron chi connectivity index (χ0n) is 10.4. The molecular weight excluding hydrogens is 186 g/mol. The van der Waals surface area contributed by atoms with Gasteiger partial charge in [0.15, 0.2) is 5.72 Å². The molecule has 15 heavy (non-hydrogen) atoms. The number of nitrogens with one attached hydrogen (secondary N) is 1. The smallest absolute Gasteiger partial charge is 0.159 e. The second kappa shape index (κ2) is 5.47. The summed E-state index contributed by atoms with van der Waals surface area (Å²) in [6.07, 6.45) is 9.13. The second-order valence-corrected chi connectivity index (χ2v) is 4.84. The van der Waals surface area contributed by atoms with Crippen LogP contribution in [0.5, 0.6) is 0 Å². The molecule has 86 valence electrons. The van der Waals surface area contributed by atoms with E-state index in [1.165, 1.54) is 17.6 Å². The predicted octanol–water partition coefficient (Wildman–Crippen LogP) is 3.71. The van der Waals surface area contributed by atoms with E-state index < -0.39 is 0 Å². The lowest BCUT2D eigenvalue weighted by atomic mass is 10.1. The van der Waals surface area contributed by atoms with Crippen LogP contribution >= 0.6 is 0 Å². The van der Waals surface area contributed by atoms with Crippen molar-refractivity contribution in [3.63, 3.8) is 0 Å². The molecule has 1 rings (SSSR count). The standard InChI is InChI=1S/C13H23NO/c1-11(2)7-5-8-12(3)9-6-10-13(4)14-15-13/h7,9,14H,5-6,8,10H2,1-4H3/b12-9+. The van der Waals surface area contributed by atoms with E-state index in [0.717, 1.165) is 19.3 Å². The van der Waals surface area contributed by atoms with E-state index in [2.05, 4.69) is 45.3 Å². The number of hydrogen-bond donors (Lipinski definition) is 1. The van der Waals surface area contributed by atoms with Gasteiger partial charge in [-0.1, -0.05) is 23.3 Å². The zero-order chi connectivity index (χ0) is 11.3. The number of rotatable bonds is 6. The SMILES string of the molecule is CC(C)=CCC/C(C)=C/CCC1(C)NO1. The molecule has 1 fully saturated rings. The largest absolute Gasteiger partial charge is 0.275 e. The summed E-state index contributed by atoms with van der Waals surface area (Å²) in [7, 11) is 0. The maximum Gasteiger partial charge on any atom is 0.159 e. The first-order valence-electron chi connectivity index (χ1n) is 5.76. The Labute approximate surface area is 93.4 Å². The van der Waals surface area contributed by atoms with E-state index in [1.54, 1.807) is 0 Å². The Morgan fingerprint density at radius 3 is 2.40 bits per heavy atom. The molecule has 0 spiro atoms. The van der Waals surface area contributed by atoms with Crippen LogP contribution in [0.4, 0.5) is 0 Å². The van der Waals surface area contributed by atoms with Crippen LogP contribution in [0.25, 0.3) is 0 Å². The van der Waals surface area contributed by atoms with Gasteiger partial charge < -0.3 is 0 Å². The van der Waals surface area contributed by atoms with Crippen molar-refractivity contribution in [2.75, 3.05) is 0 Å². The lowest BCUT2D eigenvalue weighted by Gasteiger charge is -2.01. The summed E-state index contributed by atoms with van der Waals surface area (Å²) < 4.78 is 0. The van der Waals surface area contributed by atoms with Gasteiger partial charge in [0.2, 0.25) is 0 Å². The molecule has 0 aromatic heterocycles. The Balaban J connectivity index is 2.12. The Bertz CT molecular complexity index is 258. The Morgan fingerprint density at radius 2 is 1.87 bits per heavy atom. The first kappa shape index (κ1) is 12.5. The predicted molar refractivity (Wildman–Crippen MR) is 64.3 cm³/mol. The molecule has 1 N–H and O–H groups in total. The van der Waals surface area contributed by atoms with Gasteiger partial charge in [0, 0.05) is 0 Å². The summed E-state index contributed by atoms with van der Waals surface area (Å²) >= 11 is 0. The summed E-state index contributed by atoms with van der Waals surface area (Å²) in [5.74, 6) is 0. The first-order chi connectivity index (χ1) is 7.02. The fourth-order valence-electron chi connectivity index (χ4n) is 1.47. The molecule has 0 saturated carbocycles. The van der Waals surface area contributed by atoms with Gasteiger partial charge in [-0.3, -0.25) is 4.84 Å². The highest BCUT2D eigenvalue weighted by molar-refractivity contribution is 5.02. The van der Waals surface area contributed by atoms with Crippen LogP contribution in [0, 0.1) is 0 Å². The second-order valence-electron chi connectivity index (χ2n) is 4.84. The molecule has 1 aliphatic heterocycles. The molecule has 0 aromatic rings. The van der Waals surface area contributed by atoms with Crippen molar-refractivity contribution in [3.05, 3.63) is 23.3 Å². The zero-order valence-corrected chi connectivity index (χ0v) is 10.4. The van der Waals surface area contributed by atoms with Gasteiger partial charge in [-0.2, -0.15) is 5.48 Å². The minimum absolute atomic E-state index is 0.0311. The van der Waals surface area contributed by atoms with Crippen LogP contribution in [0.15, 0.2) is 23.3 Å². The van der Waals surface area contributed by atoms with Gasteiger partial charge in [-0.25, -0.2) is 0 Å². The van der Waals surface area contributed by atoms with Crippen LogP contribution in [0.2, 0.25) is 0 Å². The number of hydrogen-bond acceptors (Lipinski definition) is 2. The van der Waals surface area contributed by atoms with Crippen LogP contribution < -0.4 is 5.48 Å². The van der Waals surface area contributed by atoms with Crippen molar-refractivity contribution >= 4 is 0 Å². The summed E-state index contributed by atoms with van der Waals surface area (Å²) in [6, 6.07) is 0. The fourth-order valence-corrected chi connectivity index (χ4v) is 1.47. The molecule has 0 amide bonds. The van der Waals surface area contributed by atoms with Crippen molar-refractivity contribution in [3.8, 4) is 0 Å². The third-order valence-corrected chi connectivity index (χ3v) is 2.66. The van der Waals surface area contributed by atoms with E-state index in [9.17, 15) is 0 Å². The maximum absolute atomic E-state index is 5.10. The first-order valence-corrected chi connectivity index (χ1v) is 5.76. The third kappa shape index (κ3) is 5.75. The molecule has 2 heteroatoms. The highest BCUT2D eigenvalue weighted by atomic mass is 16.8. The van der Waals surface area contributed by atoms with Crippen LogP contribution in [-0.2, 0) is 4.84 Å². The van der Waals surface area contributed by atoms with E-state index in [4.69, 9.17) is 4.84 Å². The van der Waals surface area contributed by atoms with Gasteiger partial charge in [0.05, 0.1) is 0 Å². The van der Waals surface area contributed by atoms with Crippen molar-refractivity contribution in [2.45, 2.75) is 59.1 Å². The normalized spacial score (nSPS) is 25.2. The van der Waals surface area contributed by atoms with Gasteiger partial charge in [-0.15, -0.1) is 0 Å². The quantitative estimate of drug-likeness (QED) is 0.534. The van der Waals surface area contributed by atoms with Gasteiger partial charge >= 0.3 is 0 Å². The van der Waals surface area contributed by atoms with Crippen molar-refractivity contribution in [1.82, 2.24) is 5.48 Å². The lowest BCUT2D eigenvalue weighted by molar-refractivity contribution is 0.296. The Morgan fingerprint density at radius 1 is 1.20 bits per heavy atom. The fraction of sp³-hybridized carbons (Fsp3) is 0.692. The number of hydroxylamine groups is 1. The van der Waals surface area contributed by atoms with Crippen molar-refractivity contribution in [2.24, 2.45) is 0 Å². The van der Waals surface area contributed by atoms with E-state index in [-0.39, 0.29) is 5.72 Å². The minimum atomic E-state index is -0.0311. The summed E-state index contributed by atoms with van der Waals surface area (Å²) in [4.78, 5) is 5.10. The van der Waals surface area contributed by atoms with Crippen molar-refractivity contribution in [1.29, 1.82) is 0 Å². The Kier molecular flexibility index (Phi) is 4.55. The topological polar surface area (TPSA) is 34.5 Å². The molecular formula is C13H23NO. The molecule has 1 heterocycles. The lowest BCUT2D eigenvalue weighted by Crippen LogP contribution is -2.07. The minimum Gasteiger partial charge on any atom is -0.275 e. The molecule has 1 atom stereocenters.